The molecule has 0 aliphatic carbocycles. The van der Waals surface area contributed by atoms with Crippen LogP contribution in [0.4, 0.5) is 8.78 Å². The van der Waals surface area contributed by atoms with Gasteiger partial charge in [-0.1, -0.05) is 24.3 Å². The van der Waals surface area contributed by atoms with Crippen molar-refractivity contribution in [2.24, 2.45) is 5.73 Å². The maximum absolute atomic E-state index is 14.4. The Bertz CT molecular complexity index is 1140. The molecule has 160 valence electrons. The number of rotatable bonds is 6. The summed E-state index contributed by atoms with van der Waals surface area (Å²) in [5.74, 6) is -4.29. The average Bonchev–Trinajstić information content (AvgIpc) is 3.35. The summed E-state index contributed by atoms with van der Waals surface area (Å²) < 4.78 is 28.1. The Kier molecular flexibility index (Phi) is 5.51. The van der Waals surface area contributed by atoms with Gasteiger partial charge in [-0.25, -0.2) is 13.6 Å². The number of carboxylic acids is 1. The van der Waals surface area contributed by atoms with Crippen molar-refractivity contribution >= 4 is 11.9 Å². The van der Waals surface area contributed by atoms with Crippen LogP contribution >= 0.6 is 0 Å². The number of aromatic nitrogens is 2. The highest BCUT2D eigenvalue weighted by molar-refractivity contribution is 5.88. The Morgan fingerprint density at radius 3 is 2.58 bits per heavy atom. The van der Waals surface area contributed by atoms with E-state index in [4.69, 9.17) is 10.8 Å². The van der Waals surface area contributed by atoms with Crippen LogP contribution in [0.3, 0.4) is 0 Å². The average molecular weight is 426 g/mol. The van der Waals surface area contributed by atoms with Gasteiger partial charge in [0.25, 0.3) is 0 Å². The number of benzene rings is 2. The van der Waals surface area contributed by atoms with Crippen molar-refractivity contribution in [2.75, 3.05) is 6.54 Å². The lowest BCUT2D eigenvalue weighted by Crippen LogP contribution is -2.32. The summed E-state index contributed by atoms with van der Waals surface area (Å²) in [4.78, 5) is 25.8. The van der Waals surface area contributed by atoms with Gasteiger partial charge < -0.3 is 15.7 Å². The molecule has 1 aromatic heterocycles. The van der Waals surface area contributed by atoms with Gasteiger partial charge in [0.05, 0.1) is 36.0 Å². The van der Waals surface area contributed by atoms with E-state index in [1.54, 1.807) is 17.0 Å². The van der Waals surface area contributed by atoms with Crippen molar-refractivity contribution in [3.63, 3.8) is 0 Å². The molecule has 1 aliphatic rings. The van der Waals surface area contributed by atoms with Crippen molar-refractivity contribution < 1.29 is 23.5 Å². The molecule has 1 amide bonds. The van der Waals surface area contributed by atoms with E-state index in [0.29, 0.717) is 11.3 Å². The number of H-pyrrole nitrogens is 1. The lowest BCUT2D eigenvalue weighted by Gasteiger charge is -2.24. The molecule has 0 bridgehead atoms. The Labute approximate surface area is 176 Å². The number of carboxylic acid groups (broad SMARTS) is 1. The summed E-state index contributed by atoms with van der Waals surface area (Å²) in [7, 11) is 0. The van der Waals surface area contributed by atoms with Crippen LogP contribution in [0.1, 0.15) is 39.5 Å². The molecule has 1 aliphatic heterocycles. The van der Waals surface area contributed by atoms with E-state index < -0.39 is 23.5 Å². The Morgan fingerprint density at radius 1 is 1.16 bits per heavy atom. The number of halogens is 2. The van der Waals surface area contributed by atoms with E-state index in [2.05, 4.69) is 10.2 Å². The molecule has 2 heterocycles. The number of fused-ring (bicyclic) bond motifs is 1. The lowest BCUT2D eigenvalue weighted by atomic mass is 9.93. The number of aromatic amines is 1. The molecular formula is C22H20F2N4O3. The number of nitrogens with one attached hydrogen (secondary N) is 1. The Balaban J connectivity index is 1.59. The van der Waals surface area contributed by atoms with Gasteiger partial charge in [-0.15, -0.1) is 0 Å². The minimum Gasteiger partial charge on any atom is -0.478 e. The van der Waals surface area contributed by atoms with E-state index in [-0.39, 0.29) is 43.1 Å². The van der Waals surface area contributed by atoms with Crippen molar-refractivity contribution in [3.8, 4) is 11.3 Å². The number of hydrogen-bond acceptors (Lipinski definition) is 4. The molecule has 3 aromatic rings. The van der Waals surface area contributed by atoms with Crippen molar-refractivity contribution in [1.29, 1.82) is 0 Å². The van der Waals surface area contributed by atoms with Crippen LogP contribution in [-0.4, -0.2) is 38.6 Å². The van der Waals surface area contributed by atoms with E-state index in [9.17, 15) is 18.4 Å². The fourth-order valence-corrected chi connectivity index (χ4v) is 3.89. The first-order valence-corrected chi connectivity index (χ1v) is 9.73. The molecule has 4 N–H and O–H groups in total. The van der Waals surface area contributed by atoms with Gasteiger partial charge >= 0.3 is 5.97 Å². The smallest absolute Gasteiger partial charge is 0.335 e. The molecule has 0 radical (unpaired) electrons. The monoisotopic (exact) mass is 426 g/mol. The number of carbonyl (C=O) groups is 2. The van der Waals surface area contributed by atoms with Crippen molar-refractivity contribution in [2.45, 2.75) is 25.4 Å². The second-order valence-electron chi connectivity index (χ2n) is 7.38. The first-order chi connectivity index (χ1) is 14.9. The standard InChI is InChI=1S/C22H20F2N4O3/c23-17-3-1-2-14(19(17)24)15(8-9-25)21(29)28-10-16-18(11-28)26-27-20(16)12-4-6-13(7-5-12)22(30)31/h1-7,15H,8-11,25H2,(H,26,27)(H,30,31). The van der Waals surface area contributed by atoms with Gasteiger partial charge in [0.1, 0.15) is 0 Å². The van der Waals surface area contributed by atoms with Crippen LogP contribution in [0.25, 0.3) is 11.3 Å². The minimum atomic E-state index is -1.03. The number of aromatic carboxylic acids is 1. The van der Waals surface area contributed by atoms with Crippen LogP contribution in [0, 0.1) is 11.6 Å². The number of nitrogens with zero attached hydrogens (tertiary/aromatic N) is 2. The molecule has 2 aromatic carbocycles. The number of nitrogens with two attached hydrogens (primary N) is 1. The van der Waals surface area contributed by atoms with E-state index in [1.165, 1.54) is 24.3 Å². The van der Waals surface area contributed by atoms with E-state index in [1.807, 2.05) is 0 Å². The third-order valence-corrected chi connectivity index (χ3v) is 5.48. The zero-order valence-corrected chi connectivity index (χ0v) is 16.4. The Hall–Kier alpha value is -3.59. The summed E-state index contributed by atoms with van der Waals surface area (Å²) in [5, 5.41) is 16.3. The normalized spacial score (nSPS) is 13.8. The van der Waals surface area contributed by atoms with Gasteiger partial charge in [0, 0.05) is 16.7 Å². The van der Waals surface area contributed by atoms with Crippen molar-refractivity contribution in [1.82, 2.24) is 15.1 Å². The maximum Gasteiger partial charge on any atom is 0.335 e. The summed E-state index contributed by atoms with van der Waals surface area (Å²) in [6.07, 6.45) is 0.186. The molecule has 0 saturated heterocycles. The molecule has 0 saturated carbocycles. The number of amides is 1. The number of hydrogen-bond donors (Lipinski definition) is 3. The fraction of sp³-hybridized carbons (Fsp3) is 0.227. The topological polar surface area (TPSA) is 112 Å². The Morgan fingerprint density at radius 2 is 1.90 bits per heavy atom. The zero-order valence-electron chi connectivity index (χ0n) is 16.4. The predicted octanol–water partition coefficient (Wildman–Crippen LogP) is 3.03. The first-order valence-electron chi connectivity index (χ1n) is 9.73. The van der Waals surface area contributed by atoms with Gasteiger partial charge in [0.15, 0.2) is 11.6 Å². The molecule has 0 spiro atoms. The molecule has 31 heavy (non-hydrogen) atoms. The lowest BCUT2D eigenvalue weighted by molar-refractivity contribution is -0.133. The molecule has 4 rings (SSSR count). The minimum absolute atomic E-state index is 0.00591. The summed E-state index contributed by atoms with van der Waals surface area (Å²) in [5.41, 5.74) is 8.69. The molecular weight excluding hydrogens is 406 g/mol. The van der Waals surface area contributed by atoms with Crippen LogP contribution in [0.5, 0.6) is 0 Å². The van der Waals surface area contributed by atoms with Crippen LogP contribution in [-0.2, 0) is 17.9 Å². The highest BCUT2D eigenvalue weighted by Crippen LogP contribution is 2.34. The molecule has 7 nitrogen and oxygen atoms in total. The largest absolute Gasteiger partial charge is 0.478 e. The SMILES string of the molecule is NCCC(C(=O)N1Cc2[nH]nc(-c3ccc(C(=O)O)cc3)c2C1)c1cccc(F)c1F. The van der Waals surface area contributed by atoms with E-state index >= 15 is 0 Å². The van der Waals surface area contributed by atoms with E-state index in [0.717, 1.165) is 17.3 Å². The molecule has 9 heteroatoms. The van der Waals surface area contributed by atoms with Crippen molar-refractivity contribution in [3.05, 3.63) is 76.5 Å². The third-order valence-electron chi connectivity index (χ3n) is 5.48. The van der Waals surface area contributed by atoms with Gasteiger partial charge in [-0.05, 0) is 31.2 Å². The quantitative estimate of drug-likeness (QED) is 0.561. The van der Waals surface area contributed by atoms with Crippen LogP contribution in [0.15, 0.2) is 42.5 Å². The molecule has 1 unspecified atom stereocenters. The van der Waals surface area contributed by atoms with Gasteiger partial charge in [-0.2, -0.15) is 5.10 Å². The summed E-state index contributed by atoms with van der Waals surface area (Å²) in [6.45, 7) is 0.652. The fourth-order valence-electron chi connectivity index (χ4n) is 3.89. The first kappa shape index (κ1) is 20.7. The molecule has 1 atom stereocenters. The van der Waals surface area contributed by atoms with Gasteiger partial charge in [-0.3, -0.25) is 9.89 Å². The summed E-state index contributed by atoms with van der Waals surface area (Å²) >= 11 is 0. The van der Waals surface area contributed by atoms with Crippen LogP contribution < -0.4 is 5.73 Å². The van der Waals surface area contributed by atoms with Gasteiger partial charge in [0.2, 0.25) is 5.91 Å². The zero-order chi connectivity index (χ0) is 22.1. The second kappa shape index (κ2) is 8.27. The number of carbonyl (C=O) groups excluding carboxylic acids is 1. The second-order valence-corrected chi connectivity index (χ2v) is 7.38. The highest BCUT2D eigenvalue weighted by Gasteiger charge is 2.34. The summed E-state index contributed by atoms with van der Waals surface area (Å²) in [6, 6.07) is 10.1. The predicted molar refractivity (Wildman–Crippen MR) is 108 cm³/mol. The molecule has 0 fully saturated rings. The van der Waals surface area contributed by atoms with Crippen LogP contribution in [0.2, 0.25) is 0 Å². The maximum atomic E-state index is 14.4. The highest BCUT2D eigenvalue weighted by atomic mass is 19.2. The third kappa shape index (κ3) is 3.79.